The van der Waals surface area contributed by atoms with Crippen molar-refractivity contribution in [2.45, 2.75) is 50.0 Å². The van der Waals surface area contributed by atoms with Gasteiger partial charge in [0.15, 0.2) is 0 Å². The molecule has 0 aromatic heterocycles. The molecule has 1 aliphatic heterocycles. The second-order valence-electron chi connectivity index (χ2n) is 8.10. The molecule has 5 heteroatoms. The predicted molar refractivity (Wildman–Crippen MR) is 129 cm³/mol. The maximum absolute atomic E-state index is 12.9. The van der Waals surface area contributed by atoms with E-state index in [0.717, 1.165) is 17.2 Å². The molecule has 0 radical (unpaired) electrons. The van der Waals surface area contributed by atoms with E-state index in [0.29, 0.717) is 18.4 Å². The normalized spacial score (nSPS) is 16.1. The molecule has 1 saturated heterocycles. The first-order valence-electron chi connectivity index (χ1n) is 10.4. The number of rotatable bonds is 6. The molecule has 2 aromatic carbocycles. The fourth-order valence-corrected chi connectivity index (χ4v) is 6.89. The van der Waals surface area contributed by atoms with Crippen molar-refractivity contribution >= 4 is 35.2 Å². The molecule has 0 saturated carbocycles. The van der Waals surface area contributed by atoms with Crippen LogP contribution in [0.3, 0.4) is 0 Å². The predicted octanol–water partition coefficient (Wildman–Crippen LogP) is 6.78. The van der Waals surface area contributed by atoms with Crippen LogP contribution in [0.15, 0.2) is 48.5 Å². The molecule has 0 bridgehead atoms. The summed E-state index contributed by atoms with van der Waals surface area (Å²) in [6, 6.07) is 16.8. The first-order valence-corrected chi connectivity index (χ1v) is 12.4. The Morgan fingerprint density at radius 2 is 1.52 bits per heavy atom. The summed E-state index contributed by atoms with van der Waals surface area (Å²) in [5.74, 6) is 2.95. The summed E-state index contributed by atoms with van der Waals surface area (Å²) in [5.41, 5.74) is 4.62. The van der Waals surface area contributed by atoms with Crippen LogP contribution in [0.2, 0.25) is 0 Å². The van der Waals surface area contributed by atoms with Gasteiger partial charge in [0, 0.05) is 12.2 Å². The number of thioether (sulfide) groups is 2. The van der Waals surface area contributed by atoms with Crippen LogP contribution in [0.5, 0.6) is 0 Å². The lowest BCUT2D eigenvalue weighted by atomic mass is 9.93. The number of carbonyl (C=O) groups is 1. The van der Waals surface area contributed by atoms with Crippen molar-refractivity contribution in [3.05, 3.63) is 65.2 Å². The highest BCUT2D eigenvalue weighted by Gasteiger charge is 2.36. The zero-order valence-corrected chi connectivity index (χ0v) is 19.5. The van der Waals surface area contributed by atoms with Gasteiger partial charge in [-0.1, -0.05) is 76.2 Å². The minimum absolute atomic E-state index is 0.116. The second-order valence-corrected chi connectivity index (χ2v) is 11.1. The summed E-state index contributed by atoms with van der Waals surface area (Å²) in [7, 11) is 0. The van der Waals surface area contributed by atoms with Crippen molar-refractivity contribution in [2.75, 3.05) is 23.4 Å². The number of carbonyl (C=O) groups excluding carboxylic acids is 1. The summed E-state index contributed by atoms with van der Waals surface area (Å²) in [4.78, 5) is 12.9. The first kappa shape index (κ1) is 22.1. The van der Waals surface area contributed by atoms with Crippen LogP contribution in [0.4, 0.5) is 10.5 Å². The van der Waals surface area contributed by atoms with Crippen molar-refractivity contribution in [3.8, 4) is 0 Å². The molecule has 0 aliphatic carbocycles. The molecule has 2 N–H and O–H groups in total. The average Bonchev–Trinajstić information content (AvgIpc) is 2.73. The highest BCUT2D eigenvalue weighted by molar-refractivity contribution is 8.18. The zero-order valence-electron chi connectivity index (χ0n) is 17.8. The topological polar surface area (TPSA) is 41.1 Å². The molecular weight excluding hydrogens is 396 g/mol. The van der Waals surface area contributed by atoms with Gasteiger partial charge in [0.25, 0.3) is 0 Å². The number of benzene rings is 2. The van der Waals surface area contributed by atoms with Crippen molar-refractivity contribution in [3.63, 3.8) is 0 Å². The number of hydrogen-bond donors (Lipinski definition) is 2. The Hall–Kier alpha value is -1.59. The highest BCUT2D eigenvalue weighted by atomic mass is 32.2. The van der Waals surface area contributed by atoms with Crippen molar-refractivity contribution in [1.29, 1.82) is 0 Å². The summed E-state index contributed by atoms with van der Waals surface area (Å²) >= 11 is 3.90. The van der Waals surface area contributed by atoms with Crippen LogP contribution in [0.25, 0.3) is 0 Å². The quantitative estimate of drug-likeness (QED) is 0.533. The lowest BCUT2D eigenvalue weighted by molar-refractivity contribution is 0.252. The first-order chi connectivity index (χ1) is 13.9. The number of para-hydroxylation sites is 1. The van der Waals surface area contributed by atoms with Gasteiger partial charge in [-0.15, -0.1) is 23.5 Å². The van der Waals surface area contributed by atoms with E-state index in [9.17, 15) is 4.79 Å². The van der Waals surface area contributed by atoms with Crippen LogP contribution in [0, 0.1) is 0 Å². The van der Waals surface area contributed by atoms with E-state index < -0.39 is 0 Å². The van der Waals surface area contributed by atoms with E-state index in [-0.39, 0.29) is 10.1 Å². The van der Waals surface area contributed by atoms with E-state index >= 15 is 0 Å². The van der Waals surface area contributed by atoms with Crippen LogP contribution in [-0.2, 0) is 4.08 Å². The van der Waals surface area contributed by atoms with E-state index in [1.165, 1.54) is 23.1 Å². The number of amides is 2. The third-order valence-corrected chi connectivity index (χ3v) is 8.65. The lowest BCUT2D eigenvalue weighted by Gasteiger charge is -2.36. The van der Waals surface area contributed by atoms with E-state index in [4.69, 9.17) is 0 Å². The summed E-state index contributed by atoms with van der Waals surface area (Å²) in [6.45, 7) is 9.29. The summed E-state index contributed by atoms with van der Waals surface area (Å²) < 4.78 is -0.116. The monoisotopic (exact) mass is 428 g/mol. The van der Waals surface area contributed by atoms with Gasteiger partial charge in [-0.05, 0) is 46.5 Å². The SMILES string of the molecule is CC(C)c1cccc(C(C)C)c1NC(=O)NCC1(c2ccccc2)SCCCS1. The van der Waals surface area contributed by atoms with Gasteiger partial charge in [-0.2, -0.15) is 0 Å². The molecule has 0 spiro atoms. The van der Waals surface area contributed by atoms with Gasteiger partial charge in [0.2, 0.25) is 0 Å². The molecule has 1 fully saturated rings. The molecule has 1 heterocycles. The van der Waals surface area contributed by atoms with Crippen molar-refractivity contribution in [1.82, 2.24) is 5.32 Å². The Labute approximate surface area is 183 Å². The molecule has 3 rings (SSSR count). The molecule has 0 unspecified atom stereocenters. The Morgan fingerprint density at radius 3 is 2.07 bits per heavy atom. The Balaban J connectivity index is 1.77. The molecule has 1 aliphatic rings. The minimum Gasteiger partial charge on any atom is -0.335 e. The van der Waals surface area contributed by atoms with Crippen LogP contribution >= 0.6 is 23.5 Å². The van der Waals surface area contributed by atoms with Crippen molar-refractivity contribution in [2.24, 2.45) is 0 Å². The van der Waals surface area contributed by atoms with Crippen LogP contribution in [0.1, 0.15) is 62.6 Å². The largest absolute Gasteiger partial charge is 0.335 e. The maximum Gasteiger partial charge on any atom is 0.319 e. The molecule has 3 nitrogen and oxygen atoms in total. The standard InChI is InChI=1S/C24H32N2OS2/c1-17(2)20-12-8-13-21(18(3)4)22(20)26-23(27)25-16-24(28-14-9-15-29-24)19-10-6-5-7-11-19/h5-8,10-13,17-18H,9,14-16H2,1-4H3,(H2,25,26,27). The van der Waals surface area contributed by atoms with Crippen LogP contribution in [-0.4, -0.2) is 24.1 Å². The summed E-state index contributed by atoms with van der Waals surface area (Å²) in [6.07, 6.45) is 1.22. The average molecular weight is 429 g/mol. The molecule has 156 valence electrons. The van der Waals surface area contributed by atoms with Gasteiger partial charge in [0.1, 0.15) is 4.08 Å². The second kappa shape index (κ2) is 9.94. The number of nitrogens with one attached hydrogen (secondary N) is 2. The molecule has 29 heavy (non-hydrogen) atoms. The smallest absolute Gasteiger partial charge is 0.319 e. The third-order valence-electron chi connectivity index (χ3n) is 5.27. The summed E-state index contributed by atoms with van der Waals surface area (Å²) in [5, 5.41) is 6.36. The Bertz CT molecular complexity index is 789. The Morgan fingerprint density at radius 1 is 0.931 bits per heavy atom. The maximum atomic E-state index is 12.9. The van der Waals surface area contributed by atoms with Crippen molar-refractivity contribution < 1.29 is 4.79 Å². The molecule has 2 aromatic rings. The fourth-order valence-electron chi connectivity index (χ4n) is 3.69. The van der Waals surface area contributed by atoms with Gasteiger partial charge in [-0.3, -0.25) is 0 Å². The number of urea groups is 1. The van der Waals surface area contributed by atoms with E-state index in [1.807, 2.05) is 29.6 Å². The fraction of sp³-hybridized carbons (Fsp3) is 0.458. The Kier molecular flexibility index (Phi) is 7.58. The van der Waals surface area contributed by atoms with Gasteiger partial charge in [-0.25, -0.2) is 4.79 Å². The molecule has 0 atom stereocenters. The number of anilines is 1. The molecular formula is C24H32N2OS2. The third kappa shape index (κ3) is 5.32. The van der Waals surface area contributed by atoms with Gasteiger partial charge in [0.05, 0.1) is 0 Å². The van der Waals surface area contributed by atoms with Crippen LogP contribution < -0.4 is 10.6 Å². The zero-order chi connectivity index (χ0) is 20.9. The lowest BCUT2D eigenvalue weighted by Crippen LogP contribution is -2.40. The van der Waals surface area contributed by atoms with Gasteiger partial charge < -0.3 is 10.6 Å². The van der Waals surface area contributed by atoms with E-state index in [2.05, 4.69) is 80.8 Å². The minimum atomic E-state index is -0.123. The highest BCUT2D eigenvalue weighted by Crippen LogP contribution is 2.49. The van der Waals surface area contributed by atoms with E-state index in [1.54, 1.807) is 0 Å². The molecule has 2 amide bonds. The van der Waals surface area contributed by atoms with Gasteiger partial charge >= 0.3 is 6.03 Å². The number of hydrogen-bond acceptors (Lipinski definition) is 3.